The van der Waals surface area contributed by atoms with Crippen LogP contribution < -0.4 is 10.5 Å². The molecule has 7 nitrogen and oxygen atoms in total. The first kappa shape index (κ1) is 25.5. The van der Waals surface area contributed by atoms with Crippen molar-refractivity contribution in [2.45, 2.75) is 70.6 Å². The van der Waals surface area contributed by atoms with E-state index in [0.717, 1.165) is 11.1 Å². The second-order valence-electron chi connectivity index (χ2n) is 8.87. The largest absolute Gasteiger partial charge is 0.493 e. The van der Waals surface area contributed by atoms with E-state index in [1.165, 1.54) is 18.4 Å². The van der Waals surface area contributed by atoms with Crippen molar-refractivity contribution in [3.8, 4) is 5.75 Å². The molecule has 0 aromatic heterocycles. The monoisotopic (exact) mass is 459 g/mol. The summed E-state index contributed by atoms with van der Waals surface area (Å²) in [6.45, 7) is 5.84. The molecule has 2 aliphatic rings. The predicted octanol–water partition coefficient (Wildman–Crippen LogP) is 2.58. The summed E-state index contributed by atoms with van der Waals surface area (Å²) in [5.74, 6) is 1.13. The van der Waals surface area contributed by atoms with Gasteiger partial charge in [-0.25, -0.2) is 0 Å². The van der Waals surface area contributed by atoms with Gasteiger partial charge >= 0.3 is 0 Å². The zero-order valence-corrected chi connectivity index (χ0v) is 19.6. The summed E-state index contributed by atoms with van der Waals surface area (Å²) in [5, 5.41) is 40.7. The van der Waals surface area contributed by atoms with Crippen LogP contribution in [0.2, 0.25) is 0 Å². The molecule has 0 spiro atoms. The van der Waals surface area contributed by atoms with Gasteiger partial charge in [-0.3, -0.25) is 0 Å². The third-order valence-corrected chi connectivity index (χ3v) is 6.33. The van der Waals surface area contributed by atoms with Gasteiger partial charge in [0.15, 0.2) is 0 Å². The Balaban J connectivity index is 1.97. The molecule has 0 amide bonds. The van der Waals surface area contributed by atoms with Crippen LogP contribution >= 0.6 is 0 Å². The Bertz CT molecular complexity index is 902. The summed E-state index contributed by atoms with van der Waals surface area (Å²) >= 11 is 0. The summed E-state index contributed by atoms with van der Waals surface area (Å²) in [5.41, 5.74) is 10.7. The van der Waals surface area contributed by atoms with E-state index in [1.807, 2.05) is 32.1 Å². The van der Waals surface area contributed by atoms with E-state index in [9.17, 15) is 20.4 Å². The van der Waals surface area contributed by atoms with Crippen molar-refractivity contribution in [2.24, 2.45) is 5.92 Å². The zero-order chi connectivity index (χ0) is 24.1. The van der Waals surface area contributed by atoms with Crippen molar-refractivity contribution >= 4 is 5.69 Å². The van der Waals surface area contributed by atoms with Gasteiger partial charge in [0.05, 0.1) is 13.2 Å². The van der Waals surface area contributed by atoms with Crippen LogP contribution in [0.1, 0.15) is 50.8 Å². The molecule has 182 valence electrons. The Morgan fingerprint density at radius 3 is 2.48 bits per heavy atom. The van der Waals surface area contributed by atoms with Crippen molar-refractivity contribution in [3.05, 3.63) is 58.7 Å². The molecule has 1 aliphatic carbocycles. The zero-order valence-electron chi connectivity index (χ0n) is 19.6. The minimum Gasteiger partial charge on any atom is -0.493 e. The molecule has 1 heterocycles. The molecule has 1 aliphatic heterocycles. The SMILES string of the molecule is C\C=C/C(=C\C=C(/C)C1CC1)Cc1cc([C@@H]2O[C@H](CO)[C@@H](O)C(O)[C@H]2O)c(OCC)cc1N. The van der Waals surface area contributed by atoms with E-state index in [4.69, 9.17) is 15.2 Å². The minimum atomic E-state index is -1.47. The maximum Gasteiger partial charge on any atom is 0.127 e. The number of ether oxygens (including phenoxy) is 2. The highest BCUT2D eigenvalue weighted by Crippen LogP contribution is 2.40. The van der Waals surface area contributed by atoms with Crippen molar-refractivity contribution < 1.29 is 29.9 Å². The number of hydrogen-bond acceptors (Lipinski definition) is 7. The van der Waals surface area contributed by atoms with E-state index in [2.05, 4.69) is 19.1 Å². The van der Waals surface area contributed by atoms with Crippen molar-refractivity contribution in [3.63, 3.8) is 0 Å². The normalized spacial score (nSPS) is 29.0. The van der Waals surface area contributed by atoms with E-state index in [0.29, 0.717) is 35.9 Å². The summed E-state index contributed by atoms with van der Waals surface area (Å²) < 4.78 is 11.5. The van der Waals surface area contributed by atoms with E-state index in [-0.39, 0.29) is 0 Å². The Morgan fingerprint density at radius 2 is 1.88 bits per heavy atom. The molecule has 3 rings (SSSR count). The second-order valence-corrected chi connectivity index (χ2v) is 8.87. The van der Waals surface area contributed by atoms with Gasteiger partial charge < -0.3 is 35.6 Å². The number of benzene rings is 1. The fourth-order valence-corrected chi connectivity index (χ4v) is 4.19. The molecule has 1 saturated carbocycles. The summed E-state index contributed by atoms with van der Waals surface area (Å²) in [7, 11) is 0. The molecule has 1 aromatic carbocycles. The van der Waals surface area contributed by atoms with Gasteiger partial charge in [-0.05, 0) is 63.2 Å². The van der Waals surface area contributed by atoms with Crippen molar-refractivity contribution in [1.82, 2.24) is 0 Å². The molecule has 1 saturated heterocycles. The molecule has 1 aromatic rings. The van der Waals surface area contributed by atoms with Crippen LogP contribution in [0, 0.1) is 5.92 Å². The molecule has 1 unspecified atom stereocenters. The highest BCUT2D eigenvalue weighted by Gasteiger charge is 2.45. The number of aliphatic hydroxyl groups is 4. The Labute approximate surface area is 195 Å². The molecular weight excluding hydrogens is 422 g/mol. The molecular formula is C26H37NO6. The van der Waals surface area contributed by atoms with Crippen molar-refractivity contribution in [2.75, 3.05) is 18.9 Å². The van der Waals surface area contributed by atoms with Gasteiger partial charge in [0.2, 0.25) is 0 Å². The quantitative estimate of drug-likeness (QED) is 0.284. The van der Waals surface area contributed by atoms with Gasteiger partial charge in [0, 0.05) is 17.3 Å². The van der Waals surface area contributed by atoms with Gasteiger partial charge in [-0.2, -0.15) is 0 Å². The number of rotatable bonds is 9. The lowest BCUT2D eigenvalue weighted by molar-refractivity contribution is -0.232. The molecule has 2 fully saturated rings. The van der Waals surface area contributed by atoms with Crippen LogP contribution in [0.25, 0.3) is 0 Å². The van der Waals surface area contributed by atoms with Crippen molar-refractivity contribution in [1.29, 1.82) is 0 Å². The first-order valence-corrected chi connectivity index (χ1v) is 11.7. The molecule has 0 radical (unpaired) electrons. The smallest absolute Gasteiger partial charge is 0.127 e. The van der Waals surface area contributed by atoms with Crippen LogP contribution in [-0.4, -0.2) is 58.1 Å². The average molecular weight is 460 g/mol. The fourth-order valence-electron chi connectivity index (χ4n) is 4.19. The minimum absolute atomic E-state index is 0.373. The van der Waals surface area contributed by atoms with Gasteiger partial charge in [-0.1, -0.05) is 29.9 Å². The maximum atomic E-state index is 10.7. The number of anilines is 1. The second kappa shape index (κ2) is 11.3. The van der Waals surface area contributed by atoms with E-state index < -0.39 is 37.1 Å². The van der Waals surface area contributed by atoms with Crippen LogP contribution in [0.5, 0.6) is 5.75 Å². The predicted molar refractivity (Wildman–Crippen MR) is 128 cm³/mol. The van der Waals surface area contributed by atoms with Crippen LogP contribution in [0.15, 0.2) is 47.6 Å². The summed E-state index contributed by atoms with van der Waals surface area (Å²) in [4.78, 5) is 0. The average Bonchev–Trinajstić information content (AvgIpc) is 3.64. The van der Waals surface area contributed by atoms with Gasteiger partial charge in [-0.15, -0.1) is 0 Å². The lowest BCUT2D eigenvalue weighted by Crippen LogP contribution is -2.55. The third-order valence-electron chi connectivity index (χ3n) is 6.33. The van der Waals surface area contributed by atoms with E-state index >= 15 is 0 Å². The van der Waals surface area contributed by atoms with Gasteiger partial charge in [0.1, 0.15) is 36.3 Å². The third kappa shape index (κ3) is 6.05. The van der Waals surface area contributed by atoms with E-state index in [1.54, 1.807) is 6.07 Å². The molecule has 33 heavy (non-hydrogen) atoms. The highest BCUT2D eigenvalue weighted by atomic mass is 16.5. The first-order valence-electron chi connectivity index (χ1n) is 11.7. The Hall–Kier alpha value is -2.16. The summed E-state index contributed by atoms with van der Waals surface area (Å²) in [6, 6.07) is 3.52. The number of allylic oxidation sites excluding steroid dienone is 6. The molecule has 0 bridgehead atoms. The number of hydrogen-bond donors (Lipinski definition) is 5. The fraction of sp³-hybridized carbons (Fsp3) is 0.538. The maximum absolute atomic E-state index is 10.7. The molecule has 6 N–H and O–H groups in total. The Morgan fingerprint density at radius 1 is 1.15 bits per heavy atom. The topological polar surface area (TPSA) is 125 Å². The number of nitrogens with two attached hydrogens (primary N) is 1. The molecule has 7 heteroatoms. The van der Waals surface area contributed by atoms with Crippen LogP contribution in [0.4, 0.5) is 5.69 Å². The van der Waals surface area contributed by atoms with Crippen LogP contribution in [-0.2, 0) is 11.2 Å². The lowest BCUT2D eigenvalue weighted by atomic mass is 9.89. The van der Waals surface area contributed by atoms with Crippen LogP contribution in [0.3, 0.4) is 0 Å². The molecule has 5 atom stereocenters. The summed E-state index contributed by atoms with van der Waals surface area (Å²) in [6.07, 6.45) is 5.08. The van der Waals surface area contributed by atoms with Gasteiger partial charge in [0.25, 0.3) is 0 Å². The number of aliphatic hydroxyl groups excluding tert-OH is 4. The highest BCUT2D eigenvalue weighted by molar-refractivity contribution is 5.57. The first-order chi connectivity index (χ1) is 15.8. The Kier molecular flexibility index (Phi) is 8.73. The standard InChI is InChI=1S/C26H37NO6/c1-4-6-16(8-7-15(3)17-9-10-17)11-18-12-19(21(32-5-2)13-20(18)27)26-25(31)24(30)23(29)22(14-28)33-26/h4,6-8,12-13,17,22-26,28-31H,5,9-11,14,27H2,1-3H3/b6-4-,15-7+,16-8+/t22-,23-,24?,25-,26+/m1/s1. The lowest BCUT2D eigenvalue weighted by Gasteiger charge is -2.40. The number of nitrogen functional groups attached to an aromatic ring is 1.